The Labute approximate surface area is 195 Å². The molecule has 2 heterocycles. The predicted octanol–water partition coefficient (Wildman–Crippen LogP) is 4.61. The summed E-state index contributed by atoms with van der Waals surface area (Å²) in [7, 11) is 0. The Morgan fingerprint density at radius 3 is 2.41 bits per heavy atom. The molecule has 1 amide bonds. The molecule has 2 aromatic rings. The van der Waals surface area contributed by atoms with E-state index in [4.69, 9.17) is 28.0 Å². The molecule has 2 aliphatic heterocycles. The Morgan fingerprint density at radius 1 is 1.19 bits per heavy atom. The number of benzene rings is 2. The molecule has 1 saturated heterocycles. The van der Waals surface area contributed by atoms with Crippen LogP contribution < -0.4 is 5.32 Å². The highest BCUT2D eigenvalue weighted by atomic mass is 35.5. The maximum atomic E-state index is 13.7. The lowest BCUT2D eigenvalue weighted by Gasteiger charge is -2.29. The van der Waals surface area contributed by atoms with Crippen LogP contribution in [0.25, 0.3) is 0 Å². The molecule has 0 saturated carbocycles. The molecule has 11 heteroatoms. The first-order chi connectivity index (χ1) is 15.0. The molecule has 1 fully saturated rings. The topological polar surface area (TPSA) is 73.8 Å². The Morgan fingerprint density at radius 2 is 1.84 bits per heavy atom. The van der Waals surface area contributed by atoms with Crippen molar-refractivity contribution in [3.05, 3.63) is 68.7 Å². The van der Waals surface area contributed by atoms with Crippen molar-refractivity contribution >= 4 is 46.0 Å². The van der Waals surface area contributed by atoms with Crippen LogP contribution in [0.3, 0.4) is 0 Å². The largest absolute Gasteiger partial charge is 0.616 e. The number of hydrogen-bond donors (Lipinski definition) is 1. The van der Waals surface area contributed by atoms with Crippen molar-refractivity contribution in [3.63, 3.8) is 0 Å². The van der Waals surface area contributed by atoms with Crippen LogP contribution in [0, 0.1) is 6.92 Å². The van der Waals surface area contributed by atoms with Crippen molar-refractivity contribution in [1.29, 1.82) is 0 Å². The van der Waals surface area contributed by atoms with Crippen molar-refractivity contribution in [2.45, 2.75) is 31.2 Å². The molecule has 1 unspecified atom stereocenters. The number of halogens is 5. The van der Waals surface area contributed by atoms with Crippen molar-refractivity contribution in [1.82, 2.24) is 5.32 Å². The standard InChI is InChI=1S/C21H17Cl2F3N2O3S/c1-10-4-11(2-3-16(10)20(29)27-15-8-32(30)9-15)18-17(19(31-28-18)21(24,25)26)12-5-13(22)7-14(23)6-12/h2-7,15,17,19H,8-9H2,1H3,(H,27,29)/t15?,17?,19-,32?/m0/s1. The van der Waals surface area contributed by atoms with E-state index in [0.29, 0.717) is 28.2 Å². The van der Waals surface area contributed by atoms with Gasteiger partial charge in [-0.25, -0.2) is 0 Å². The van der Waals surface area contributed by atoms with E-state index in [1.807, 2.05) is 0 Å². The van der Waals surface area contributed by atoms with E-state index < -0.39 is 29.4 Å². The summed E-state index contributed by atoms with van der Waals surface area (Å²) in [5.41, 5.74) is 1.60. The fourth-order valence-corrected chi connectivity index (χ4v) is 5.28. The second-order valence-corrected chi connectivity index (χ2v) is 10.1. The van der Waals surface area contributed by atoms with Crippen LogP contribution in [0.5, 0.6) is 0 Å². The molecule has 2 atom stereocenters. The molecule has 0 radical (unpaired) electrons. The van der Waals surface area contributed by atoms with E-state index in [1.54, 1.807) is 13.0 Å². The molecular weight excluding hydrogens is 488 g/mol. The highest BCUT2D eigenvalue weighted by Gasteiger charge is 2.53. The minimum atomic E-state index is -4.68. The van der Waals surface area contributed by atoms with Crippen LogP contribution in [-0.2, 0) is 16.0 Å². The van der Waals surface area contributed by atoms with Crippen LogP contribution in [0.2, 0.25) is 10.0 Å². The van der Waals surface area contributed by atoms with Gasteiger partial charge < -0.3 is 14.7 Å². The third-order valence-electron chi connectivity index (χ3n) is 5.30. The van der Waals surface area contributed by atoms with Crippen molar-refractivity contribution < 1.29 is 27.4 Å². The summed E-state index contributed by atoms with van der Waals surface area (Å²) in [6.45, 7) is 1.68. The van der Waals surface area contributed by atoms with Gasteiger partial charge in [0.1, 0.15) is 17.5 Å². The number of carbonyl (C=O) groups is 1. The van der Waals surface area contributed by atoms with E-state index >= 15 is 0 Å². The SMILES string of the molecule is Cc1cc(C2=NO[C@H](C(F)(F)F)C2c2cc(Cl)cc(Cl)c2)ccc1C(=O)NC1C[S+]([O-])C1. The number of amides is 1. The third-order valence-corrected chi connectivity index (χ3v) is 7.29. The summed E-state index contributed by atoms with van der Waals surface area (Å²) >= 11 is 11.1. The number of nitrogens with one attached hydrogen (secondary N) is 1. The number of hydrogen-bond acceptors (Lipinski definition) is 4. The summed E-state index contributed by atoms with van der Waals surface area (Å²) in [4.78, 5) is 17.3. The number of rotatable bonds is 4. The van der Waals surface area contributed by atoms with Gasteiger partial charge in [-0.15, -0.1) is 0 Å². The maximum Gasteiger partial charge on any atom is 0.429 e. The maximum absolute atomic E-state index is 13.7. The van der Waals surface area contributed by atoms with Gasteiger partial charge >= 0.3 is 6.18 Å². The quantitative estimate of drug-likeness (QED) is 0.617. The Kier molecular flexibility index (Phi) is 6.37. The zero-order valence-corrected chi connectivity index (χ0v) is 18.9. The molecule has 2 aliphatic rings. The number of oxime groups is 1. The lowest BCUT2D eigenvalue weighted by Crippen LogP contribution is -2.53. The van der Waals surface area contributed by atoms with Gasteiger partial charge in [-0.3, -0.25) is 4.79 Å². The van der Waals surface area contributed by atoms with Gasteiger partial charge in [0.25, 0.3) is 5.91 Å². The molecule has 0 spiro atoms. The highest BCUT2D eigenvalue weighted by molar-refractivity contribution is 7.92. The number of alkyl halides is 3. The first-order valence-corrected chi connectivity index (χ1v) is 11.8. The van der Waals surface area contributed by atoms with Gasteiger partial charge in [0.2, 0.25) is 6.10 Å². The third kappa shape index (κ3) is 4.71. The van der Waals surface area contributed by atoms with Crippen LogP contribution in [-0.4, -0.2) is 46.0 Å². The van der Waals surface area contributed by atoms with Crippen LogP contribution in [0.1, 0.15) is 33.0 Å². The van der Waals surface area contributed by atoms with E-state index in [1.165, 1.54) is 30.3 Å². The molecule has 0 aliphatic carbocycles. The summed E-state index contributed by atoms with van der Waals surface area (Å²) in [6.07, 6.45) is -6.88. The van der Waals surface area contributed by atoms with E-state index in [-0.39, 0.29) is 33.3 Å². The van der Waals surface area contributed by atoms with Crippen LogP contribution in [0.4, 0.5) is 13.2 Å². The van der Waals surface area contributed by atoms with Crippen molar-refractivity contribution in [2.75, 3.05) is 11.5 Å². The number of nitrogens with zero attached hydrogens (tertiary/aromatic N) is 1. The molecule has 5 nitrogen and oxygen atoms in total. The van der Waals surface area contributed by atoms with Crippen LogP contribution >= 0.6 is 23.2 Å². The summed E-state index contributed by atoms with van der Waals surface area (Å²) in [6, 6.07) is 8.74. The number of carbonyl (C=O) groups excluding carboxylic acids is 1. The second kappa shape index (κ2) is 8.78. The highest BCUT2D eigenvalue weighted by Crippen LogP contribution is 2.42. The average molecular weight is 505 g/mol. The summed E-state index contributed by atoms with van der Waals surface area (Å²) in [5.74, 6) is -0.777. The first kappa shape index (κ1) is 23.2. The van der Waals surface area contributed by atoms with Crippen molar-refractivity contribution in [2.24, 2.45) is 5.16 Å². The zero-order chi connectivity index (χ0) is 23.2. The van der Waals surface area contributed by atoms with Gasteiger partial charge in [-0.1, -0.05) is 34.4 Å². The number of aryl methyl sites for hydroxylation is 1. The van der Waals surface area contributed by atoms with Gasteiger partial charge in [-0.2, -0.15) is 13.2 Å². The molecule has 32 heavy (non-hydrogen) atoms. The monoisotopic (exact) mass is 504 g/mol. The fourth-order valence-electron chi connectivity index (χ4n) is 3.77. The zero-order valence-electron chi connectivity index (χ0n) is 16.6. The molecular formula is C21H17Cl2F3N2O3S. The van der Waals surface area contributed by atoms with Crippen LogP contribution in [0.15, 0.2) is 41.6 Å². The molecule has 4 rings (SSSR count). The summed E-state index contributed by atoms with van der Waals surface area (Å²) < 4.78 is 52.3. The lowest BCUT2D eigenvalue weighted by atomic mass is 9.85. The Balaban J connectivity index is 1.65. The van der Waals surface area contributed by atoms with E-state index in [2.05, 4.69) is 10.5 Å². The minimum absolute atomic E-state index is 0.0649. The lowest BCUT2D eigenvalue weighted by molar-refractivity contribution is -0.216. The second-order valence-electron chi connectivity index (χ2n) is 7.70. The molecule has 2 aromatic carbocycles. The summed E-state index contributed by atoms with van der Waals surface area (Å²) in [5, 5.41) is 6.93. The van der Waals surface area contributed by atoms with Crippen molar-refractivity contribution in [3.8, 4) is 0 Å². The Hall–Kier alpha value is -1.94. The van der Waals surface area contributed by atoms with E-state index in [9.17, 15) is 22.5 Å². The normalized spacial score (nSPS) is 25.0. The fraction of sp³-hybridized carbons (Fsp3) is 0.333. The molecule has 170 valence electrons. The Bertz CT molecular complexity index is 1070. The predicted molar refractivity (Wildman–Crippen MR) is 117 cm³/mol. The first-order valence-electron chi connectivity index (χ1n) is 9.56. The smallest absolute Gasteiger partial charge is 0.429 e. The van der Waals surface area contributed by atoms with Gasteiger partial charge in [-0.05, 0) is 59.6 Å². The van der Waals surface area contributed by atoms with Gasteiger partial charge in [0.15, 0.2) is 0 Å². The average Bonchev–Trinajstić information content (AvgIpc) is 3.11. The van der Waals surface area contributed by atoms with Gasteiger partial charge in [0, 0.05) is 21.2 Å². The van der Waals surface area contributed by atoms with E-state index in [0.717, 1.165) is 0 Å². The minimum Gasteiger partial charge on any atom is -0.616 e. The molecule has 1 N–H and O–H groups in total. The molecule has 0 aromatic heterocycles. The van der Waals surface area contributed by atoms with Gasteiger partial charge in [0.05, 0.1) is 11.6 Å². The molecule has 0 bridgehead atoms.